The second-order valence-electron chi connectivity index (χ2n) is 6.39. The minimum atomic E-state index is -0.312. The average Bonchev–Trinajstić information content (AvgIpc) is 2.61. The number of para-hydroxylation sites is 1. The maximum Gasteiger partial charge on any atom is 0.313 e. The average molecular weight is 378 g/mol. The molecule has 1 atom stereocenters. The Hall–Kier alpha value is -2.04. The van der Waals surface area contributed by atoms with Crippen LogP contribution < -0.4 is 4.74 Å². The van der Waals surface area contributed by atoms with Crippen molar-refractivity contribution in [3.63, 3.8) is 0 Å². The minimum absolute atomic E-state index is 0. The monoisotopic (exact) mass is 377 g/mol. The Bertz CT molecular complexity index is 661. The van der Waals surface area contributed by atoms with Gasteiger partial charge < -0.3 is 14.4 Å². The number of rotatable bonds is 9. The number of nitrogens with zero attached hydrogens (tertiary/aromatic N) is 1. The summed E-state index contributed by atoms with van der Waals surface area (Å²) in [7, 11) is 4.08. The summed E-state index contributed by atoms with van der Waals surface area (Å²) in [5.74, 6) is 0.986. The van der Waals surface area contributed by atoms with Gasteiger partial charge in [0, 0.05) is 0 Å². The van der Waals surface area contributed by atoms with Crippen molar-refractivity contribution in [2.75, 3.05) is 27.2 Å². The molecule has 0 saturated heterocycles. The number of benzene rings is 2. The summed E-state index contributed by atoms with van der Waals surface area (Å²) in [6.45, 7) is 3.34. The summed E-state index contributed by atoms with van der Waals surface area (Å²) in [5, 5.41) is 0. The molecule has 4 nitrogen and oxygen atoms in total. The molecular weight excluding hydrogens is 350 g/mol. The molecule has 0 N–H and O–H groups in total. The van der Waals surface area contributed by atoms with E-state index in [4.69, 9.17) is 9.47 Å². The first-order valence-corrected chi connectivity index (χ1v) is 8.70. The molecule has 2 aromatic carbocycles. The molecule has 5 heteroatoms. The second kappa shape index (κ2) is 11.6. The summed E-state index contributed by atoms with van der Waals surface area (Å²) >= 11 is 0. The molecule has 0 bridgehead atoms. The van der Waals surface area contributed by atoms with E-state index in [0.29, 0.717) is 12.4 Å². The van der Waals surface area contributed by atoms with Gasteiger partial charge in [0.15, 0.2) is 0 Å². The molecule has 0 saturated carbocycles. The van der Waals surface area contributed by atoms with Gasteiger partial charge in [-0.05, 0) is 70.2 Å². The zero-order valence-electron chi connectivity index (χ0n) is 15.7. The van der Waals surface area contributed by atoms with Crippen LogP contribution in [0.4, 0.5) is 0 Å². The van der Waals surface area contributed by atoms with E-state index < -0.39 is 0 Å². The van der Waals surface area contributed by atoms with Crippen molar-refractivity contribution < 1.29 is 14.3 Å². The molecule has 0 radical (unpaired) electrons. The largest absolute Gasteiger partial charge is 0.465 e. The Morgan fingerprint density at radius 1 is 1.00 bits per heavy atom. The van der Waals surface area contributed by atoms with E-state index in [1.807, 2.05) is 75.6 Å². The van der Waals surface area contributed by atoms with Gasteiger partial charge in [-0.2, -0.15) is 0 Å². The molecular formula is C21H28ClNO3. The van der Waals surface area contributed by atoms with Gasteiger partial charge >= 0.3 is 5.97 Å². The zero-order chi connectivity index (χ0) is 18.1. The lowest BCUT2D eigenvalue weighted by molar-refractivity contribution is -0.145. The topological polar surface area (TPSA) is 38.8 Å². The Balaban J connectivity index is 0.00000338. The fourth-order valence-electron chi connectivity index (χ4n) is 2.44. The maximum absolute atomic E-state index is 12.2. The van der Waals surface area contributed by atoms with Crippen LogP contribution in [0.2, 0.25) is 0 Å². The van der Waals surface area contributed by atoms with Gasteiger partial charge in [-0.1, -0.05) is 30.3 Å². The van der Waals surface area contributed by atoms with Crippen LogP contribution in [0.15, 0.2) is 54.6 Å². The van der Waals surface area contributed by atoms with Crippen molar-refractivity contribution in [3.8, 4) is 11.5 Å². The van der Waals surface area contributed by atoms with E-state index in [9.17, 15) is 4.79 Å². The predicted molar refractivity (Wildman–Crippen MR) is 107 cm³/mol. The van der Waals surface area contributed by atoms with Crippen molar-refractivity contribution >= 4 is 18.4 Å². The van der Waals surface area contributed by atoms with Gasteiger partial charge in [-0.3, -0.25) is 4.79 Å². The normalized spacial score (nSPS) is 11.5. The van der Waals surface area contributed by atoms with E-state index in [0.717, 1.165) is 30.7 Å². The summed E-state index contributed by atoms with van der Waals surface area (Å²) in [5.41, 5.74) is 0.895. The van der Waals surface area contributed by atoms with E-state index in [1.54, 1.807) is 0 Å². The third-order valence-electron chi connectivity index (χ3n) is 3.93. The number of carbonyl (C=O) groups excluding carboxylic acids is 1. The highest BCUT2D eigenvalue weighted by atomic mass is 35.5. The minimum Gasteiger partial charge on any atom is -0.465 e. The Kier molecular flexibility index (Phi) is 9.78. The fourth-order valence-corrected chi connectivity index (χ4v) is 2.44. The van der Waals surface area contributed by atoms with Crippen LogP contribution in [0, 0.1) is 0 Å². The Labute approximate surface area is 162 Å². The lowest BCUT2D eigenvalue weighted by Crippen LogP contribution is -2.16. The molecule has 26 heavy (non-hydrogen) atoms. The molecule has 0 spiro atoms. The summed E-state index contributed by atoms with van der Waals surface area (Å²) in [4.78, 5) is 14.4. The molecule has 2 aromatic rings. The fraction of sp³-hybridized carbons (Fsp3) is 0.381. The van der Waals surface area contributed by atoms with Crippen LogP contribution >= 0.6 is 12.4 Å². The SMILES string of the molecule is CC(C(=O)OCCCCN(C)C)c1cccc(Oc2ccccc2)c1.Cl. The third kappa shape index (κ3) is 7.46. The lowest BCUT2D eigenvalue weighted by Gasteiger charge is -2.14. The van der Waals surface area contributed by atoms with Crippen LogP contribution in [0.3, 0.4) is 0 Å². The molecule has 1 unspecified atom stereocenters. The number of unbranched alkanes of at least 4 members (excludes halogenated alkanes) is 1. The quantitative estimate of drug-likeness (QED) is 0.460. The zero-order valence-corrected chi connectivity index (χ0v) is 16.5. The third-order valence-corrected chi connectivity index (χ3v) is 3.93. The molecule has 0 aliphatic heterocycles. The van der Waals surface area contributed by atoms with Crippen LogP contribution in [-0.4, -0.2) is 38.1 Å². The first-order chi connectivity index (χ1) is 12.1. The van der Waals surface area contributed by atoms with Crippen LogP contribution in [0.25, 0.3) is 0 Å². The highest BCUT2D eigenvalue weighted by molar-refractivity contribution is 5.85. The molecule has 0 aliphatic carbocycles. The van der Waals surface area contributed by atoms with E-state index in [1.165, 1.54) is 0 Å². The predicted octanol–water partition coefficient (Wildman–Crippen LogP) is 4.89. The van der Waals surface area contributed by atoms with Gasteiger partial charge in [0.1, 0.15) is 11.5 Å². The van der Waals surface area contributed by atoms with Crippen molar-refractivity contribution in [2.24, 2.45) is 0 Å². The first-order valence-electron chi connectivity index (χ1n) is 8.70. The van der Waals surface area contributed by atoms with Crippen LogP contribution in [0.1, 0.15) is 31.2 Å². The maximum atomic E-state index is 12.2. The number of halogens is 1. The molecule has 0 amide bonds. The molecule has 0 heterocycles. The first kappa shape index (κ1) is 22.0. The summed E-state index contributed by atoms with van der Waals surface area (Å²) in [6, 6.07) is 17.2. The lowest BCUT2D eigenvalue weighted by atomic mass is 10.0. The number of carbonyl (C=O) groups is 1. The smallest absolute Gasteiger partial charge is 0.313 e. The Morgan fingerprint density at radius 2 is 1.69 bits per heavy atom. The molecule has 142 valence electrons. The second-order valence-corrected chi connectivity index (χ2v) is 6.39. The van der Waals surface area contributed by atoms with Crippen molar-refractivity contribution in [1.29, 1.82) is 0 Å². The van der Waals surface area contributed by atoms with Crippen LogP contribution in [-0.2, 0) is 9.53 Å². The number of hydrogen-bond donors (Lipinski definition) is 0. The van der Waals surface area contributed by atoms with Gasteiger partial charge in [-0.15, -0.1) is 12.4 Å². The molecule has 0 fully saturated rings. The number of hydrogen-bond acceptors (Lipinski definition) is 4. The van der Waals surface area contributed by atoms with E-state index in [-0.39, 0.29) is 24.3 Å². The molecule has 0 aliphatic rings. The number of ether oxygens (including phenoxy) is 2. The van der Waals surface area contributed by atoms with Gasteiger partial charge in [0.25, 0.3) is 0 Å². The standard InChI is InChI=1S/C21H27NO3.ClH/c1-17(21(23)24-15-8-7-14-22(2)3)18-10-9-13-20(16-18)25-19-11-5-4-6-12-19;/h4-6,9-13,16-17H,7-8,14-15H2,1-3H3;1H. The van der Waals surface area contributed by atoms with Gasteiger partial charge in [0.2, 0.25) is 0 Å². The number of esters is 1. The highest BCUT2D eigenvalue weighted by Crippen LogP contribution is 2.25. The molecule has 0 aromatic heterocycles. The van der Waals surface area contributed by atoms with Crippen molar-refractivity contribution in [2.45, 2.75) is 25.7 Å². The van der Waals surface area contributed by atoms with E-state index >= 15 is 0 Å². The van der Waals surface area contributed by atoms with Gasteiger partial charge in [0.05, 0.1) is 12.5 Å². The van der Waals surface area contributed by atoms with Gasteiger partial charge in [-0.25, -0.2) is 0 Å². The van der Waals surface area contributed by atoms with Crippen LogP contribution in [0.5, 0.6) is 11.5 Å². The molecule has 2 rings (SSSR count). The van der Waals surface area contributed by atoms with Crippen molar-refractivity contribution in [3.05, 3.63) is 60.2 Å². The van der Waals surface area contributed by atoms with E-state index in [2.05, 4.69) is 4.90 Å². The summed E-state index contributed by atoms with van der Waals surface area (Å²) in [6.07, 6.45) is 1.91. The van der Waals surface area contributed by atoms with Crippen molar-refractivity contribution in [1.82, 2.24) is 4.90 Å². The Morgan fingerprint density at radius 3 is 2.38 bits per heavy atom. The highest BCUT2D eigenvalue weighted by Gasteiger charge is 2.17. The summed E-state index contributed by atoms with van der Waals surface area (Å²) < 4.78 is 11.2.